The van der Waals surface area contributed by atoms with Crippen LogP contribution in [0.1, 0.15) is 12.0 Å². The monoisotopic (exact) mass is 204 g/mol. The molecule has 1 atom stereocenters. The molecule has 0 saturated carbocycles. The van der Waals surface area contributed by atoms with Gasteiger partial charge in [-0.3, -0.25) is 0 Å². The third-order valence-corrected chi connectivity index (χ3v) is 2.09. The van der Waals surface area contributed by atoms with Gasteiger partial charge in [0.15, 0.2) is 0 Å². The van der Waals surface area contributed by atoms with E-state index in [4.69, 9.17) is 15.9 Å². The van der Waals surface area contributed by atoms with Gasteiger partial charge in [0, 0.05) is 13.5 Å². The van der Waals surface area contributed by atoms with Crippen LogP contribution in [0.3, 0.4) is 0 Å². The van der Waals surface area contributed by atoms with Crippen LogP contribution in [0, 0.1) is 12.3 Å². The molecular weight excluding hydrogens is 188 g/mol. The Kier molecular flexibility index (Phi) is 5.54. The summed E-state index contributed by atoms with van der Waals surface area (Å²) in [5.41, 5.74) is 1.16. The van der Waals surface area contributed by atoms with Crippen molar-refractivity contribution >= 4 is 0 Å². The maximum atomic E-state index is 5.50. The SMILES string of the molecule is C#CC[C@@H](COCc1ccccc1)OC. The van der Waals surface area contributed by atoms with Crippen LogP contribution in [0.25, 0.3) is 0 Å². The number of benzene rings is 1. The van der Waals surface area contributed by atoms with Gasteiger partial charge in [-0.15, -0.1) is 12.3 Å². The van der Waals surface area contributed by atoms with Crippen molar-refractivity contribution in [1.29, 1.82) is 0 Å². The van der Waals surface area contributed by atoms with Gasteiger partial charge in [0.2, 0.25) is 0 Å². The highest BCUT2D eigenvalue weighted by molar-refractivity contribution is 5.13. The third-order valence-electron chi connectivity index (χ3n) is 2.09. The lowest BCUT2D eigenvalue weighted by atomic mass is 10.2. The lowest BCUT2D eigenvalue weighted by molar-refractivity contribution is 0.00488. The van der Waals surface area contributed by atoms with E-state index in [-0.39, 0.29) is 6.10 Å². The van der Waals surface area contributed by atoms with E-state index in [2.05, 4.69) is 5.92 Å². The molecule has 0 fully saturated rings. The van der Waals surface area contributed by atoms with E-state index in [1.54, 1.807) is 7.11 Å². The lowest BCUT2D eigenvalue weighted by Crippen LogP contribution is -2.17. The third kappa shape index (κ3) is 4.64. The number of rotatable bonds is 6. The lowest BCUT2D eigenvalue weighted by Gasteiger charge is -2.12. The number of methoxy groups -OCH3 is 1. The summed E-state index contributed by atoms with van der Waals surface area (Å²) in [6, 6.07) is 10.0. The Hall–Kier alpha value is -1.30. The molecule has 0 heterocycles. The second-order valence-corrected chi connectivity index (χ2v) is 3.27. The van der Waals surface area contributed by atoms with E-state index >= 15 is 0 Å². The van der Waals surface area contributed by atoms with Crippen LogP contribution < -0.4 is 0 Å². The van der Waals surface area contributed by atoms with Crippen molar-refractivity contribution in [3.05, 3.63) is 35.9 Å². The summed E-state index contributed by atoms with van der Waals surface area (Å²) in [6.07, 6.45) is 5.79. The average Bonchev–Trinajstić information content (AvgIpc) is 2.29. The fourth-order valence-corrected chi connectivity index (χ4v) is 1.22. The maximum absolute atomic E-state index is 5.50. The molecule has 0 aliphatic carbocycles. The first kappa shape index (κ1) is 11.8. The van der Waals surface area contributed by atoms with Crippen molar-refractivity contribution in [2.45, 2.75) is 19.1 Å². The molecule has 0 unspecified atom stereocenters. The molecule has 0 amide bonds. The van der Waals surface area contributed by atoms with E-state index in [0.29, 0.717) is 19.6 Å². The van der Waals surface area contributed by atoms with Gasteiger partial charge in [-0.2, -0.15) is 0 Å². The van der Waals surface area contributed by atoms with Crippen molar-refractivity contribution in [3.8, 4) is 12.3 Å². The molecule has 0 radical (unpaired) electrons. The summed E-state index contributed by atoms with van der Waals surface area (Å²) in [5, 5.41) is 0. The minimum absolute atomic E-state index is 0.00119. The first-order valence-electron chi connectivity index (χ1n) is 4.94. The van der Waals surface area contributed by atoms with Crippen molar-refractivity contribution < 1.29 is 9.47 Å². The van der Waals surface area contributed by atoms with E-state index in [1.165, 1.54) is 0 Å². The first-order chi connectivity index (χ1) is 7.36. The van der Waals surface area contributed by atoms with Gasteiger partial charge in [0.05, 0.1) is 19.3 Å². The smallest absolute Gasteiger partial charge is 0.0913 e. The van der Waals surface area contributed by atoms with Crippen molar-refractivity contribution in [3.63, 3.8) is 0 Å². The number of hydrogen-bond donors (Lipinski definition) is 0. The molecule has 80 valence electrons. The molecular formula is C13H16O2. The molecule has 0 aliphatic rings. The Morgan fingerprint density at radius 1 is 1.33 bits per heavy atom. The summed E-state index contributed by atoms with van der Waals surface area (Å²) in [7, 11) is 1.65. The van der Waals surface area contributed by atoms with Gasteiger partial charge in [-0.05, 0) is 5.56 Å². The van der Waals surface area contributed by atoms with Gasteiger partial charge in [-0.25, -0.2) is 0 Å². The zero-order chi connectivity index (χ0) is 10.9. The van der Waals surface area contributed by atoms with Gasteiger partial charge in [0.25, 0.3) is 0 Å². The Balaban J connectivity index is 2.24. The summed E-state index contributed by atoms with van der Waals surface area (Å²) in [4.78, 5) is 0. The van der Waals surface area contributed by atoms with Crippen LogP contribution in [0.5, 0.6) is 0 Å². The molecule has 0 saturated heterocycles. The van der Waals surface area contributed by atoms with Crippen LogP contribution in [-0.4, -0.2) is 19.8 Å². The standard InChI is InChI=1S/C13H16O2/c1-3-7-13(14-2)11-15-10-12-8-5-4-6-9-12/h1,4-6,8-9,13H,7,10-11H2,2H3/t13-/m0/s1. The number of hydrogen-bond acceptors (Lipinski definition) is 2. The summed E-state index contributed by atoms with van der Waals surface area (Å²) in [5.74, 6) is 2.56. The predicted molar refractivity (Wildman–Crippen MR) is 60.3 cm³/mol. The molecule has 0 spiro atoms. The molecule has 0 aliphatic heterocycles. The van der Waals surface area contributed by atoms with Crippen LogP contribution in [-0.2, 0) is 16.1 Å². The highest BCUT2D eigenvalue weighted by Gasteiger charge is 2.04. The summed E-state index contributed by atoms with van der Waals surface area (Å²) >= 11 is 0. The zero-order valence-corrected chi connectivity index (χ0v) is 8.98. The molecule has 2 nitrogen and oxygen atoms in total. The van der Waals surface area contributed by atoms with Crippen LogP contribution in [0.15, 0.2) is 30.3 Å². The van der Waals surface area contributed by atoms with Crippen LogP contribution >= 0.6 is 0 Å². The number of terminal acetylenes is 1. The number of ether oxygens (including phenoxy) is 2. The van der Waals surface area contributed by atoms with Gasteiger partial charge < -0.3 is 9.47 Å². The van der Waals surface area contributed by atoms with Crippen molar-refractivity contribution in [1.82, 2.24) is 0 Å². The van der Waals surface area contributed by atoms with Crippen LogP contribution in [0.4, 0.5) is 0 Å². The normalized spacial score (nSPS) is 12.0. The minimum Gasteiger partial charge on any atom is -0.378 e. The Labute approximate surface area is 91.2 Å². The second-order valence-electron chi connectivity index (χ2n) is 3.27. The minimum atomic E-state index is -0.00119. The topological polar surface area (TPSA) is 18.5 Å². The van der Waals surface area contributed by atoms with E-state index in [0.717, 1.165) is 5.56 Å². The Bertz CT molecular complexity index is 300. The van der Waals surface area contributed by atoms with Crippen LogP contribution in [0.2, 0.25) is 0 Å². The van der Waals surface area contributed by atoms with E-state index < -0.39 is 0 Å². The molecule has 2 heteroatoms. The van der Waals surface area contributed by atoms with Gasteiger partial charge >= 0.3 is 0 Å². The average molecular weight is 204 g/mol. The molecule has 1 aromatic rings. The first-order valence-corrected chi connectivity index (χ1v) is 4.94. The quantitative estimate of drug-likeness (QED) is 0.662. The Morgan fingerprint density at radius 2 is 2.07 bits per heavy atom. The van der Waals surface area contributed by atoms with E-state index in [1.807, 2.05) is 30.3 Å². The Morgan fingerprint density at radius 3 is 2.67 bits per heavy atom. The zero-order valence-electron chi connectivity index (χ0n) is 8.98. The second kappa shape index (κ2) is 7.05. The molecule has 1 rings (SSSR count). The molecule has 0 bridgehead atoms. The highest BCUT2D eigenvalue weighted by atomic mass is 16.5. The molecule has 15 heavy (non-hydrogen) atoms. The van der Waals surface area contributed by atoms with E-state index in [9.17, 15) is 0 Å². The predicted octanol–water partition coefficient (Wildman–Crippen LogP) is 2.24. The summed E-state index contributed by atoms with van der Waals surface area (Å²) in [6.45, 7) is 1.14. The summed E-state index contributed by atoms with van der Waals surface area (Å²) < 4.78 is 10.7. The van der Waals surface area contributed by atoms with Gasteiger partial charge in [-0.1, -0.05) is 30.3 Å². The van der Waals surface area contributed by atoms with Gasteiger partial charge in [0.1, 0.15) is 0 Å². The maximum Gasteiger partial charge on any atom is 0.0913 e. The van der Waals surface area contributed by atoms with Crippen molar-refractivity contribution in [2.75, 3.05) is 13.7 Å². The molecule has 1 aromatic carbocycles. The largest absolute Gasteiger partial charge is 0.378 e. The fraction of sp³-hybridized carbons (Fsp3) is 0.385. The molecule has 0 aromatic heterocycles. The van der Waals surface area contributed by atoms with Crippen molar-refractivity contribution in [2.24, 2.45) is 0 Å². The molecule has 0 N–H and O–H groups in total. The highest BCUT2D eigenvalue weighted by Crippen LogP contribution is 2.03. The fourth-order valence-electron chi connectivity index (χ4n) is 1.22.